The van der Waals surface area contributed by atoms with Gasteiger partial charge in [0.2, 0.25) is 25.2 Å². The lowest BCUT2D eigenvalue weighted by Gasteiger charge is -2.29. The number of hydrogen-bond donors (Lipinski definition) is 2. The molecule has 222 valence electrons. The second kappa shape index (κ2) is 12.9. The number of hydrogen-bond acceptors (Lipinski definition) is 9. The van der Waals surface area contributed by atoms with Gasteiger partial charge in [-0.1, -0.05) is 25.5 Å². The summed E-state index contributed by atoms with van der Waals surface area (Å²) in [6.07, 6.45) is 2.94. The number of nitrogens with two attached hydrogens (primary N) is 1. The van der Waals surface area contributed by atoms with Crippen molar-refractivity contribution in [3.05, 3.63) is 41.5 Å². The van der Waals surface area contributed by atoms with Crippen molar-refractivity contribution in [2.45, 2.75) is 44.6 Å². The van der Waals surface area contributed by atoms with Crippen LogP contribution in [-0.2, 0) is 16.0 Å². The van der Waals surface area contributed by atoms with Crippen molar-refractivity contribution >= 4 is 11.9 Å². The van der Waals surface area contributed by atoms with E-state index in [1.165, 1.54) is 0 Å². The number of ether oxygens (including phenoxy) is 5. The van der Waals surface area contributed by atoms with Crippen LogP contribution < -0.4 is 29.4 Å². The third-order valence-electron chi connectivity index (χ3n) is 8.20. The number of carbonyl (C=O) groups excluding carboxylic acids is 1. The summed E-state index contributed by atoms with van der Waals surface area (Å²) in [5.41, 5.74) is 7.55. The van der Waals surface area contributed by atoms with Gasteiger partial charge < -0.3 is 39.4 Å². The monoisotopic (exact) mass is 569 g/mol. The molecule has 0 aromatic heterocycles. The number of fused-ring (bicyclic) bond motifs is 2. The maximum atomic E-state index is 13.5. The molecule has 0 aliphatic carbocycles. The number of para-hydroxylation sites is 1. The minimum atomic E-state index is -0.908. The van der Waals surface area contributed by atoms with E-state index in [1.807, 2.05) is 35.2 Å². The van der Waals surface area contributed by atoms with Crippen molar-refractivity contribution in [1.29, 1.82) is 0 Å². The zero-order valence-electron chi connectivity index (χ0n) is 23.7. The molecule has 1 saturated heterocycles. The highest BCUT2D eigenvalue weighted by atomic mass is 16.7. The summed E-state index contributed by atoms with van der Waals surface area (Å²) in [5.74, 6) is 0.817. The molecule has 3 heterocycles. The number of unbranched alkanes of at least 4 members (excludes halogenated alkanes) is 1. The summed E-state index contributed by atoms with van der Waals surface area (Å²) in [6.45, 7) is 4.30. The SMILES string of the molecule is CCCCN(CCN)C(=O)CN1C[C@H](c2cc(OC)c3c(c2)OCO3)C(C(=O)O)[C@@H]1CCc1cccc2c1OCO2. The quantitative estimate of drug-likeness (QED) is 0.371. The van der Waals surface area contributed by atoms with Crippen LogP contribution in [0.1, 0.15) is 43.2 Å². The predicted molar refractivity (Wildman–Crippen MR) is 150 cm³/mol. The van der Waals surface area contributed by atoms with Gasteiger partial charge in [-0.3, -0.25) is 14.5 Å². The first kappa shape index (κ1) is 28.8. The molecule has 1 fully saturated rings. The number of aryl methyl sites for hydroxylation is 1. The van der Waals surface area contributed by atoms with Crippen LogP contribution in [0.2, 0.25) is 0 Å². The average Bonchev–Trinajstić information content (AvgIpc) is 3.72. The number of rotatable bonds is 13. The molecule has 5 rings (SSSR count). The van der Waals surface area contributed by atoms with Gasteiger partial charge in [-0.05, 0) is 48.6 Å². The lowest BCUT2D eigenvalue weighted by Crippen LogP contribution is -2.45. The number of carbonyl (C=O) groups is 2. The fourth-order valence-electron chi connectivity index (χ4n) is 6.18. The van der Waals surface area contributed by atoms with Crippen LogP contribution in [0.25, 0.3) is 0 Å². The summed E-state index contributed by atoms with van der Waals surface area (Å²) < 4.78 is 28.0. The summed E-state index contributed by atoms with van der Waals surface area (Å²) >= 11 is 0. The molecule has 11 heteroatoms. The zero-order chi connectivity index (χ0) is 28.9. The predicted octanol–water partition coefficient (Wildman–Crippen LogP) is 2.84. The Labute approximate surface area is 240 Å². The third-order valence-corrected chi connectivity index (χ3v) is 8.20. The van der Waals surface area contributed by atoms with E-state index >= 15 is 0 Å². The smallest absolute Gasteiger partial charge is 0.308 e. The number of nitrogens with zero attached hydrogens (tertiary/aromatic N) is 2. The molecular weight excluding hydrogens is 530 g/mol. The van der Waals surface area contributed by atoms with Crippen LogP contribution in [0.15, 0.2) is 30.3 Å². The number of likely N-dealkylation sites (tertiary alicyclic amines) is 1. The molecule has 41 heavy (non-hydrogen) atoms. The summed E-state index contributed by atoms with van der Waals surface area (Å²) in [7, 11) is 1.55. The third kappa shape index (κ3) is 6.01. The molecule has 3 N–H and O–H groups in total. The first-order chi connectivity index (χ1) is 19.9. The second-order valence-electron chi connectivity index (χ2n) is 10.6. The maximum absolute atomic E-state index is 13.5. The van der Waals surface area contributed by atoms with Gasteiger partial charge in [0.05, 0.1) is 19.6 Å². The fourth-order valence-corrected chi connectivity index (χ4v) is 6.18. The number of aliphatic carboxylic acids is 1. The van der Waals surface area contributed by atoms with E-state index in [4.69, 9.17) is 29.4 Å². The van der Waals surface area contributed by atoms with Crippen molar-refractivity contribution < 1.29 is 38.4 Å². The number of carboxylic acids is 1. The fraction of sp³-hybridized carbons (Fsp3) is 0.533. The standard InChI is InChI=1S/C30H39N3O8/c1-3-4-11-32(12-10-31)26(34)16-33-15-21(20-13-24(37-2)29-25(14-20)39-18-41-29)27(30(35)36)22(33)9-8-19-6-5-7-23-28(19)40-17-38-23/h5-7,13-14,21-22,27H,3-4,8-12,15-18,31H2,1-2H3,(H,35,36)/t21-,22+,27?/m1/s1. The Balaban J connectivity index is 1.45. The zero-order valence-corrected chi connectivity index (χ0v) is 23.7. The van der Waals surface area contributed by atoms with Crippen molar-refractivity contribution in [3.8, 4) is 28.7 Å². The second-order valence-corrected chi connectivity index (χ2v) is 10.6. The minimum absolute atomic E-state index is 0.0423. The van der Waals surface area contributed by atoms with E-state index in [-0.39, 0.29) is 26.0 Å². The summed E-state index contributed by atoms with van der Waals surface area (Å²) in [6, 6.07) is 9.01. The van der Waals surface area contributed by atoms with Crippen molar-refractivity contribution in [3.63, 3.8) is 0 Å². The van der Waals surface area contributed by atoms with Crippen LogP contribution in [0.5, 0.6) is 28.7 Å². The molecule has 3 aliphatic rings. The number of benzene rings is 2. The number of methoxy groups -OCH3 is 1. The van der Waals surface area contributed by atoms with Gasteiger partial charge >= 0.3 is 5.97 Å². The maximum Gasteiger partial charge on any atom is 0.308 e. The largest absolute Gasteiger partial charge is 0.493 e. The molecule has 3 aliphatic heterocycles. The van der Waals surface area contributed by atoms with Crippen molar-refractivity contribution in [2.75, 3.05) is 53.4 Å². The Kier molecular flexibility index (Phi) is 9.04. The molecular formula is C30H39N3O8. The molecule has 0 radical (unpaired) electrons. The van der Waals surface area contributed by atoms with E-state index in [9.17, 15) is 14.7 Å². The van der Waals surface area contributed by atoms with Crippen molar-refractivity contribution in [2.24, 2.45) is 11.7 Å². The highest BCUT2D eigenvalue weighted by Gasteiger charge is 2.47. The van der Waals surface area contributed by atoms with Gasteiger partial charge in [-0.15, -0.1) is 0 Å². The Hall–Kier alpha value is -3.70. The molecule has 0 spiro atoms. The van der Waals surface area contributed by atoms with Gasteiger partial charge in [0.1, 0.15) is 0 Å². The van der Waals surface area contributed by atoms with Crippen LogP contribution >= 0.6 is 0 Å². The van der Waals surface area contributed by atoms with E-state index < -0.39 is 23.8 Å². The van der Waals surface area contributed by atoms with Crippen LogP contribution in [0.3, 0.4) is 0 Å². The van der Waals surface area contributed by atoms with Gasteiger partial charge in [0, 0.05) is 38.1 Å². The Morgan fingerprint density at radius 1 is 1.10 bits per heavy atom. The van der Waals surface area contributed by atoms with Crippen molar-refractivity contribution in [1.82, 2.24) is 9.80 Å². The highest BCUT2D eigenvalue weighted by Crippen LogP contribution is 2.47. The average molecular weight is 570 g/mol. The Morgan fingerprint density at radius 2 is 1.88 bits per heavy atom. The van der Waals surface area contributed by atoms with Gasteiger partial charge in [0.15, 0.2) is 23.0 Å². The van der Waals surface area contributed by atoms with Gasteiger partial charge in [-0.25, -0.2) is 0 Å². The van der Waals surface area contributed by atoms with E-state index in [0.717, 1.165) is 24.0 Å². The van der Waals surface area contributed by atoms with E-state index in [2.05, 4.69) is 6.92 Å². The normalized spacial score (nSPS) is 20.8. The lowest BCUT2D eigenvalue weighted by atomic mass is 9.83. The summed E-state index contributed by atoms with van der Waals surface area (Å²) in [5, 5.41) is 10.6. The molecule has 1 unspecified atom stereocenters. The number of amides is 1. The molecule has 0 bridgehead atoms. The topological polar surface area (TPSA) is 133 Å². The van der Waals surface area contributed by atoms with Crippen LogP contribution in [0, 0.1) is 5.92 Å². The Morgan fingerprint density at radius 3 is 2.61 bits per heavy atom. The summed E-state index contributed by atoms with van der Waals surface area (Å²) in [4.78, 5) is 30.3. The minimum Gasteiger partial charge on any atom is -0.493 e. The first-order valence-electron chi connectivity index (χ1n) is 14.2. The van der Waals surface area contributed by atoms with Crippen LogP contribution in [-0.4, -0.2) is 86.2 Å². The lowest BCUT2D eigenvalue weighted by molar-refractivity contribution is -0.143. The molecule has 11 nitrogen and oxygen atoms in total. The van der Waals surface area contributed by atoms with E-state index in [1.54, 1.807) is 12.0 Å². The Bertz CT molecular complexity index is 1250. The highest BCUT2D eigenvalue weighted by molar-refractivity contribution is 5.79. The molecule has 3 atom stereocenters. The number of carboxylic acid groups (broad SMARTS) is 1. The molecule has 1 amide bonds. The molecule has 2 aromatic rings. The molecule has 2 aromatic carbocycles. The van der Waals surface area contributed by atoms with E-state index in [0.29, 0.717) is 67.8 Å². The molecule has 0 saturated carbocycles. The van der Waals surface area contributed by atoms with Gasteiger partial charge in [0.25, 0.3) is 0 Å². The van der Waals surface area contributed by atoms with Gasteiger partial charge in [-0.2, -0.15) is 0 Å². The first-order valence-corrected chi connectivity index (χ1v) is 14.2. The van der Waals surface area contributed by atoms with Crippen LogP contribution in [0.4, 0.5) is 0 Å².